The Kier molecular flexibility index (Phi) is 16.7. The van der Waals surface area contributed by atoms with Gasteiger partial charge in [-0.2, -0.15) is 0 Å². The molecule has 0 heterocycles. The summed E-state index contributed by atoms with van der Waals surface area (Å²) in [5.41, 5.74) is 0. The standard InChI is InChI=1S/C15H29Cl3/c16-14-12-10-8-6-4-2-1-3-5-7-9-11-13-15(17)18/h15H,1-14H2. The minimum Gasteiger partial charge on any atom is -0.127 e. The maximum absolute atomic E-state index is 5.68. The summed E-state index contributed by atoms with van der Waals surface area (Å²) < 4.78 is 0. The Morgan fingerprint density at radius 1 is 0.500 bits per heavy atom. The minimum atomic E-state index is -0.163. The number of hydrogen-bond donors (Lipinski definition) is 0. The third kappa shape index (κ3) is 16.9. The highest BCUT2D eigenvalue weighted by Crippen LogP contribution is 2.15. The Morgan fingerprint density at radius 3 is 1.17 bits per heavy atom. The maximum Gasteiger partial charge on any atom is 0.107 e. The van der Waals surface area contributed by atoms with Crippen molar-refractivity contribution in [3.05, 3.63) is 0 Å². The van der Waals surface area contributed by atoms with E-state index in [1.54, 1.807) is 0 Å². The van der Waals surface area contributed by atoms with E-state index in [-0.39, 0.29) is 4.84 Å². The number of halogens is 3. The summed E-state index contributed by atoms with van der Waals surface area (Å²) in [6.07, 6.45) is 17.0. The van der Waals surface area contributed by atoms with Crippen LogP contribution < -0.4 is 0 Å². The van der Waals surface area contributed by atoms with Crippen LogP contribution in [0.4, 0.5) is 0 Å². The fourth-order valence-corrected chi connectivity index (χ4v) is 2.66. The van der Waals surface area contributed by atoms with Gasteiger partial charge in [0.15, 0.2) is 0 Å². The Balaban J connectivity index is 2.90. The Morgan fingerprint density at radius 2 is 0.833 bits per heavy atom. The summed E-state index contributed by atoms with van der Waals surface area (Å²) in [7, 11) is 0. The van der Waals surface area contributed by atoms with Crippen LogP contribution in [0.5, 0.6) is 0 Å². The summed E-state index contributed by atoms with van der Waals surface area (Å²) in [4.78, 5) is -0.163. The molecule has 0 aromatic carbocycles. The number of hydrogen-bond acceptors (Lipinski definition) is 0. The van der Waals surface area contributed by atoms with Crippen molar-refractivity contribution in [1.29, 1.82) is 0 Å². The first-order valence-electron chi connectivity index (χ1n) is 7.61. The third-order valence-corrected chi connectivity index (χ3v) is 4.01. The summed E-state index contributed by atoms with van der Waals surface area (Å²) >= 11 is 17.0. The number of alkyl halides is 3. The lowest BCUT2D eigenvalue weighted by atomic mass is 10.0. The zero-order valence-corrected chi connectivity index (χ0v) is 13.9. The second kappa shape index (κ2) is 15.9. The van der Waals surface area contributed by atoms with Crippen molar-refractivity contribution in [2.75, 3.05) is 5.88 Å². The molecule has 18 heavy (non-hydrogen) atoms. The first-order valence-corrected chi connectivity index (χ1v) is 9.02. The van der Waals surface area contributed by atoms with Gasteiger partial charge in [-0.15, -0.1) is 34.8 Å². The normalized spacial score (nSPS) is 11.3. The van der Waals surface area contributed by atoms with Gasteiger partial charge in [0.1, 0.15) is 4.84 Å². The molecule has 0 unspecified atom stereocenters. The zero-order chi connectivity index (χ0) is 13.5. The smallest absolute Gasteiger partial charge is 0.107 e. The molecule has 0 atom stereocenters. The summed E-state index contributed by atoms with van der Waals surface area (Å²) in [5, 5.41) is 0. The van der Waals surface area contributed by atoms with Crippen molar-refractivity contribution in [3.63, 3.8) is 0 Å². The first-order chi connectivity index (χ1) is 8.77. The highest BCUT2D eigenvalue weighted by Gasteiger charge is 1.98. The molecule has 0 fully saturated rings. The predicted octanol–water partition coefficient (Wildman–Crippen LogP) is 7.10. The lowest BCUT2D eigenvalue weighted by molar-refractivity contribution is 0.542. The SMILES string of the molecule is ClCCCCCCCCCCCCCCC(Cl)Cl. The average molecular weight is 316 g/mol. The van der Waals surface area contributed by atoms with E-state index in [0.29, 0.717) is 0 Å². The molecule has 0 aromatic heterocycles. The van der Waals surface area contributed by atoms with Gasteiger partial charge in [0.05, 0.1) is 0 Å². The van der Waals surface area contributed by atoms with Crippen LogP contribution in [0.1, 0.15) is 83.5 Å². The van der Waals surface area contributed by atoms with E-state index >= 15 is 0 Å². The van der Waals surface area contributed by atoms with Gasteiger partial charge < -0.3 is 0 Å². The van der Waals surface area contributed by atoms with E-state index in [2.05, 4.69) is 0 Å². The van der Waals surface area contributed by atoms with Crippen molar-refractivity contribution in [1.82, 2.24) is 0 Å². The van der Waals surface area contributed by atoms with Crippen molar-refractivity contribution >= 4 is 34.8 Å². The van der Waals surface area contributed by atoms with E-state index in [4.69, 9.17) is 34.8 Å². The van der Waals surface area contributed by atoms with Crippen molar-refractivity contribution in [2.24, 2.45) is 0 Å². The van der Waals surface area contributed by atoms with Crippen LogP contribution in [0.2, 0.25) is 0 Å². The summed E-state index contributed by atoms with van der Waals surface area (Å²) in [5.74, 6) is 0.828. The van der Waals surface area contributed by atoms with E-state index in [1.807, 2.05) is 0 Å². The third-order valence-electron chi connectivity index (χ3n) is 3.31. The Bertz CT molecular complexity index is 149. The maximum atomic E-state index is 5.68. The van der Waals surface area contributed by atoms with Gasteiger partial charge in [-0.3, -0.25) is 0 Å². The Labute approximate surface area is 129 Å². The molecule has 0 spiro atoms. The molecular weight excluding hydrogens is 287 g/mol. The molecule has 0 saturated heterocycles. The van der Waals surface area contributed by atoms with Crippen molar-refractivity contribution in [3.8, 4) is 0 Å². The summed E-state index contributed by atoms with van der Waals surface area (Å²) in [6.45, 7) is 0. The second-order valence-electron chi connectivity index (χ2n) is 5.11. The van der Waals surface area contributed by atoms with Crippen LogP contribution >= 0.6 is 34.8 Å². The molecule has 110 valence electrons. The van der Waals surface area contributed by atoms with Gasteiger partial charge in [-0.1, -0.05) is 70.6 Å². The van der Waals surface area contributed by atoms with E-state index < -0.39 is 0 Å². The lowest BCUT2D eigenvalue weighted by Crippen LogP contribution is -1.87. The molecule has 0 rings (SSSR count). The van der Waals surface area contributed by atoms with E-state index in [0.717, 1.165) is 12.3 Å². The molecule has 0 aliphatic heterocycles. The Hall–Kier alpha value is 0.870. The topological polar surface area (TPSA) is 0 Å². The number of rotatable bonds is 14. The fourth-order valence-electron chi connectivity index (χ4n) is 2.16. The molecule has 0 radical (unpaired) electrons. The molecule has 0 N–H and O–H groups in total. The van der Waals surface area contributed by atoms with Gasteiger partial charge in [-0.25, -0.2) is 0 Å². The molecule has 0 saturated carbocycles. The second-order valence-corrected chi connectivity index (χ2v) is 6.77. The molecule has 0 aliphatic carbocycles. The fraction of sp³-hybridized carbons (Fsp3) is 1.00. The zero-order valence-electron chi connectivity index (χ0n) is 11.6. The first kappa shape index (κ1) is 18.9. The van der Waals surface area contributed by atoms with E-state index in [1.165, 1.54) is 77.0 Å². The van der Waals surface area contributed by atoms with Crippen LogP contribution in [0.25, 0.3) is 0 Å². The van der Waals surface area contributed by atoms with Crippen LogP contribution in [0.3, 0.4) is 0 Å². The van der Waals surface area contributed by atoms with Crippen molar-refractivity contribution in [2.45, 2.75) is 88.3 Å². The minimum absolute atomic E-state index is 0.163. The van der Waals surface area contributed by atoms with Crippen LogP contribution in [-0.2, 0) is 0 Å². The van der Waals surface area contributed by atoms with Gasteiger partial charge in [0, 0.05) is 5.88 Å². The lowest BCUT2D eigenvalue weighted by Gasteiger charge is -2.03. The van der Waals surface area contributed by atoms with Gasteiger partial charge >= 0.3 is 0 Å². The van der Waals surface area contributed by atoms with Crippen LogP contribution in [-0.4, -0.2) is 10.7 Å². The average Bonchev–Trinajstić information content (AvgIpc) is 2.34. The van der Waals surface area contributed by atoms with Gasteiger partial charge in [-0.05, 0) is 12.8 Å². The largest absolute Gasteiger partial charge is 0.127 e. The molecule has 0 nitrogen and oxygen atoms in total. The monoisotopic (exact) mass is 314 g/mol. The molecule has 0 bridgehead atoms. The van der Waals surface area contributed by atoms with Gasteiger partial charge in [0.25, 0.3) is 0 Å². The number of unbranched alkanes of at least 4 members (excludes halogenated alkanes) is 11. The molecule has 3 heteroatoms. The van der Waals surface area contributed by atoms with Crippen LogP contribution in [0, 0.1) is 0 Å². The van der Waals surface area contributed by atoms with Crippen molar-refractivity contribution < 1.29 is 0 Å². The molecule has 0 amide bonds. The van der Waals surface area contributed by atoms with E-state index in [9.17, 15) is 0 Å². The highest BCUT2D eigenvalue weighted by atomic mass is 35.5. The highest BCUT2D eigenvalue weighted by molar-refractivity contribution is 6.44. The quantitative estimate of drug-likeness (QED) is 0.237. The summed E-state index contributed by atoms with van der Waals surface area (Å²) in [6, 6.07) is 0. The molecular formula is C15H29Cl3. The predicted molar refractivity (Wildman–Crippen MR) is 86.2 cm³/mol. The van der Waals surface area contributed by atoms with Gasteiger partial charge in [0.2, 0.25) is 0 Å². The molecule has 0 aliphatic rings. The van der Waals surface area contributed by atoms with Crippen LogP contribution in [0.15, 0.2) is 0 Å². The molecule has 0 aromatic rings.